The molecule has 0 amide bonds. The van der Waals surface area contributed by atoms with Crippen LogP contribution in [-0.2, 0) is 0 Å². The van der Waals surface area contributed by atoms with Gasteiger partial charge in [0.25, 0.3) is 5.92 Å². The monoisotopic (exact) mass is 249 g/mol. The summed E-state index contributed by atoms with van der Waals surface area (Å²) in [5, 5.41) is 19.4. The fourth-order valence-corrected chi connectivity index (χ4v) is 1.16. The van der Waals surface area contributed by atoms with Crippen LogP contribution in [0.1, 0.15) is 29.3 Å². The molecular formula is C10H13F2NO4. The van der Waals surface area contributed by atoms with Gasteiger partial charge < -0.3 is 19.9 Å². The SMILES string of the molecule is CC(NCC(F)(F)CO)c1ccc(C(=O)O)o1. The number of nitrogens with one attached hydrogen (secondary N) is 1. The van der Waals surface area contributed by atoms with Crippen molar-refractivity contribution >= 4 is 5.97 Å². The van der Waals surface area contributed by atoms with E-state index >= 15 is 0 Å². The predicted octanol–water partition coefficient (Wildman–Crippen LogP) is 1.26. The first kappa shape index (κ1) is 13.6. The minimum Gasteiger partial charge on any atom is -0.475 e. The van der Waals surface area contributed by atoms with Crippen LogP contribution in [0.25, 0.3) is 0 Å². The largest absolute Gasteiger partial charge is 0.475 e. The zero-order valence-corrected chi connectivity index (χ0v) is 9.11. The van der Waals surface area contributed by atoms with Crippen molar-refractivity contribution < 1.29 is 28.2 Å². The lowest BCUT2D eigenvalue weighted by Gasteiger charge is -2.17. The van der Waals surface area contributed by atoms with Gasteiger partial charge in [0.05, 0.1) is 12.6 Å². The summed E-state index contributed by atoms with van der Waals surface area (Å²) in [6, 6.07) is 2.08. The molecule has 0 spiro atoms. The Bertz CT molecular complexity index is 391. The highest BCUT2D eigenvalue weighted by Gasteiger charge is 2.28. The number of carboxylic acid groups (broad SMARTS) is 1. The van der Waals surface area contributed by atoms with Crippen LogP contribution in [0, 0.1) is 0 Å². The molecule has 0 saturated carbocycles. The standard InChI is InChI=1S/C10H13F2NO4/c1-6(13-4-10(11,12)5-14)7-2-3-8(17-7)9(15)16/h2-3,6,13-14H,4-5H2,1H3,(H,15,16). The fourth-order valence-electron chi connectivity index (χ4n) is 1.16. The quantitative estimate of drug-likeness (QED) is 0.707. The van der Waals surface area contributed by atoms with Crippen LogP contribution in [0.5, 0.6) is 0 Å². The van der Waals surface area contributed by atoms with E-state index in [2.05, 4.69) is 5.32 Å². The summed E-state index contributed by atoms with van der Waals surface area (Å²) in [5.74, 6) is -4.43. The third kappa shape index (κ3) is 3.79. The molecule has 1 atom stereocenters. The van der Waals surface area contributed by atoms with E-state index in [0.717, 1.165) is 0 Å². The van der Waals surface area contributed by atoms with Crippen molar-refractivity contribution in [2.24, 2.45) is 0 Å². The molecule has 0 bridgehead atoms. The molecule has 1 heterocycles. The highest BCUT2D eigenvalue weighted by molar-refractivity contribution is 5.84. The van der Waals surface area contributed by atoms with Gasteiger partial charge in [-0.3, -0.25) is 0 Å². The summed E-state index contributed by atoms with van der Waals surface area (Å²) in [6.45, 7) is -0.406. The summed E-state index contributed by atoms with van der Waals surface area (Å²) < 4.78 is 30.4. The van der Waals surface area contributed by atoms with Crippen molar-refractivity contribution in [1.29, 1.82) is 0 Å². The van der Waals surface area contributed by atoms with Crippen molar-refractivity contribution in [2.45, 2.75) is 18.9 Å². The molecule has 3 N–H and O–H groups in total. The van der Waals surface area contributed by atoms with Crippen LogP contribution in [0.15, 0.2) is 16.5 Å². The number of hydrogen-bond acceptors (Lipinski definition) is 4. The van der Waals surface area contributed by atoms with Gasteiger partial charge in [-0.25, -0.2) is 13.6 Å². The van der Waals surface area contributed by atoms with E-state index in [0.29, 0.717) is 0 Å². The lowest BCUT2D eigenvalue weighted by molar-refractivity contribution is -0.0494. The van der Waals surface area contributed by atoms with E-state index in [-0.39, 0.29) is 11.5 Å². The number of hydrogen-bond donors (Lipinski definition) is 3. The summed E-state index contributed by atoms with van der Waals surface area (Å²) in [4.78, 5) is 10.5. The second-order valence-corrected chi connectivity index (χ2v) is 3.62. The molecule has 1 rings (SSSR count). The van der Waals surface area contributed by atoms with Crippen LogP contribution in [0.3, 0.4) is 0 Å². The molecule has 5 nitrogen and oxygen atoms in total. The number of aliphatic hydroxyl groups excluding tert-OH is 1. The third-order valence-corrected chi connectivity index (χ3v) is 2.16. The van der Waals surface area contributed by atoms with E-state index in [4.69, 9.17) is 14.6 Å². The Kier molecular flexibility index (Phi) is 4.19. The lowest BCUT2D eigenvalue weighted by Crippen LogP contribution is -2.36. The molecule has 0 aliphatic heterocycles. The van der Waals surface area contributed by atoms with E-state index in [1.807, 2.05) is 0 Å². The van der Waals surface area contributed by atoms with Crippen molar-refractivity contribution in [1.82, 2.24) is 5.32 Å². The molecule has 1 unspecified atom stereocenters. The number of rotatable bonds is 6. The Morgan fingerprint density at radius 3 is 2.71 bits per heavy atom. The second-order valence-electron chi connectivity index (χ2n) is 3.62. The number of carboxylic acids is 1. The molecule has 0 aromatic carbocycles. The van der Waals surface area contributed by atoms with E-state index in [1.165, 1.54) is 12.1 Å². The van der Waals surface area contributed by atoms with Crippen LogP contribution in [0.4, 0.5) is 8.78 Å². The molecule has 0 fully saturated rings. The molecule has 0 saturated heterocycles. The zero-order chi connectivity index (χ0) is 13.1. The summed E-state index contributed by atoms with van der Waals surface area (Å²) in [6.07, 6.45) is 0. The topological polar surface area (TPSA) is 82.7 Å². The second kappa shape index (κ2) is 5.24. The average molecular weight is 249 g/mol. The number of halogens is 2. The van der Waals surface area contributed by atoms with Gasteiger partial charge in [0.15, 0.2) is 0 Å². The van der Waals surface area contributed by atoms with Crippen LogP contribution in [-0.4, -0.2) is 35.3 Å². The molecule has 0 aliphatic rings. The van der Waals surface area contributed by atoms with Crippen molar-refractivity contribution in [3.8, 4) is 0 Å². The van der Waals surface area contributed by atoms with Crippen LogP contribution < -0.4 is 5.32 Å². The molecule has 0 radical (unpaired) electrons. The van der Waals surface area contributed by atoms with E-state index in [1.54, 1.807) is 6.92 Å². The van der Waals surface area contributed by atoms with Crippen LogP contribution in [0.2, 0.25) is 0 Å². The van der Waals surface area contributed by atoms with Gasteiger partial charge in [0.1, 0.15) is 12.4 Å². The molecule has 17 heavy (non-hydrogen) atoms. The first-order valence-electron chi connectivity index (χ1n) is 4.91. The first-order valence-corrected chi connectivity index (χ1v) is 4.91. The Morgan fingerprint density at radius 1 is 1.59 bits per heavy atom. The summed E-state index contributed by atoms with van der Waals surface area (Å²) in [7, 11) is 0. The van der Waals surface area contributed by atoms with Gasteiger partial charge in [0, 0.05) is 0 Å². The number of alkyl halides is 2. The number of aliphatic hydroxyl groups is 1. The minimum absolute atomic E-state index is 0.246. The molecule has 0 aliphatic carbocycles. The fraction of sp³-hybridized carbons (Fsp3) is 0.500. The normalized spacial score (nSPS) is 13.6. The zero-order valence-electron chi connectivity index (χ0n) is 9.11. The number of furan rings is 1. The maximum absolute atomic E-state index is 12.7. The predicted molar refractivity (Wildman–Crippen MR) is 54.1 cm³/mol. The highest BCUT2D eigenvalue weighted by Crippen LogP contribution is 2.18. The molecule has 1 aromatic rings. The van der Waals surface area contributed by atoms with Crippen molar-refractivity contribution in [3.05, 3.63) is 23.7 Å². The third-order valence-electron chi connectivity index (χ3n) is 2.16. The molecule has 1 aromatic heterocycles. The van der Waals surface area contributed by atoms with E-state index in [9.17, 15) is 13.6 Å². The Hall–Kier alpha value is -1.47. The first-order chi connectivity index (χ1) is 7.85. The lowest BCUT2D eigenvalue weighted by atomic mass is 10.2. The van der Waals surface area contributed by atoms with Crippen molar-refractivity contribution in [2.75, 3.05) is 13.2 Å². The van der Waals surface area contributed by atoms with Crippen LogP contribution >= 0.6 is 0 Å². The number of carbonyl (C=O) groups is 1. The average Bonchev–Trinajstić information content (AvgIpc) is 2.75. The van der Waals surface area contributed by atoms with Gasteiger partial charge in [-0.2, -0.15) is 0 Å². The van der Waals surface area contributed by atoms with Gasteiger partial charge in [0.2, 0.25) is 5.76 Å². The van der Waals surface area contributed by atoms with Gasteiger partial charge in [-0.1, -0.05) is 0 Å². The Labute approximate surface area is 96.0 Å². The van der Waals surface area contributed by atoms with E-state index < -0.39 is 31.1 Å². The maximum Gasteiger partial charge on any atom is 0.371 e. The molecule has 96 valence electrons. The molecule has 7 heteroatoms. The molecular weight excluding hydrogens is 236 g/mol. The van der Waals surface area contributed by atoms with Gasteiger partial charge in [-0.15, -0.1) is 0 Å². The summed E-state index contributed by atoms with van der Waals surface area (Å²) in [5.41, 5.74) is 0. The summed E-state index contributed by atoms with van der Waals surface area (Å²) >= 11 is 0. The Balaban J connectivity index is 2.58. The Morgan fingerprint density at radius 2 is 2.24 bits per heavy atom. The number of aromatic carboxylic acids is 1. The highest BCUT2D eigenvalue weighted by atomic mass is 19.3. The van der Waals surface area contributed by atoms with Crippen molar-refractivity contribution in [3.63, 3.8) is 0 Å². The van der Waals surface area contributed by atoms with Gasteiger partial charge in [-0.05, 0) is 19.1 Å². The maximum atomic E-state index is 12.7. The minimum atomic E-state index is -3.21. The smallest absolute Gasteiger partial charge is 0.371 e. The van der Waals surface area contributed by atoms with Gasteiger partial charge >= 0.3 is 5.97 Å².